The second-order valence-electron chi connectivity index (χ2n) is 9.97. The van der Waals surface area contributed by atoms with Gasteiger partial charge in [-0.05, 0) is 79.8 Å². The van der Waals surface area contributed by atoms with Crippen molar-refractivity contribution in [2.75, 3.05) is 67.6 Å². The number of ether oxygens (including phenoxy) is 1. The average Bonchev–Trinajstić information content (AvgIpc) is 3.61. The lowest BCUT2D eigenvalue weighted by atomic mass is 9.93. The Bertz CT molecular complexity index is 1040. The molecule has 4 aliphatic rings. The largest absolute Gasteiger partial charge is 0.378 e. The second-order valence-corrected chi connectivity index (χ2v) is 11.1. The van der Waals surface area contributed by atoms with Gasteiger partial charge >= 0.3 is 0 Å². The molecule has 0 bridgehead atoms. The maximum absolute atomic E-state index is 13.5. The standard InChI is InChI=1S/C26H33N5O2S/c32-25(28-23-3-1-4-24(27-23)30-15-17-33-18-16-30)21-6-5-20(34-31-11-2-12-31)19-22(21)29-13-9-26(7-8-26)10-14-29/h1,3-6,19H,2,7-18H2,(H,27,28,32). The first kappa shape index (κ1) is 22.2. The molecule has 4 heterocycles. The van der Waals surface area contributed by atoms with E-state index in [0.29, 0.717) is 24.4 Å². The highest BCUT2D eigenvalue weighted by atomic mass is 32.2. The molecular weight excluding hydrogens is 446 g/mol. The SMILES string of the molecule is O=C(Nc1cccc(N2CCOCC2)n1)c1ccc(SN2CCC2)cc1N1CCC2(CC1)CC2. The summed E-state index contributed by atoms with van der Waals surface area (Å²) in [5.41, 5.74) is 2.40. The van der Waals surface area contributed by atoms with Gasteiger partial charge < -0.3 is 19.9 Å². The zero-order valence-corrected chi connectivity index (χ0v) is 20.5. The van der Waals surface area contributed by atoms with Crippen molar-refractivity contribution in [1.29, 1.82) is 0 Å². The molecule has 1 spiro atoms. The van der Waals surface area contributed by atoms with E-state index in [1.165, 1.54) is 37.0 Å². The first-order chi connectivity index (χ1) is 16.7. The third-order valence-corrected chi connectivity index (χ3v) is 8.78. The minimum absolute atomic E-state index is 0.0890. The van der Waals surface area contributed by atoms with Gasteiger partial charge in [-0.3, -0.25) is 4.79 Å². The molecule has 1 aromatic heterocycles. The van der Waals surface area contributed by atoms with Gasteiger partial charge in [0.1, 0.15) is 11.6 Å². The van der Waals surface area contributed by atoms with Gasteiger partial charge in [-0.2, -0.15) is 0 Å². The number of hydrogen-bond acceptors (Lipinski definition) is 7. The van der Waals surface area contributed by atoms with Crippen LogP contribution in [0.3, 0.4) is 0 Å². The summed E-state index contributed by atoms with van der Waals surface area (Å²) in [6, 6.07) is 12.1. The third-order valence-electron chi connectivity index (χ3n) is 7.70. The first-order valence-corrected chi connectivity index (χ1v) is 13.4. The van der Waals surface area contributed by atoms with Crippen molar-refractivity contribution in [3.8, 4) is 0 Å². The summed E-state index contributed by atoms with van der Waals surface area (Å²) >= 11 is 1.81. The van der Waals surface area contributed by atoms with Gasteiger partial charge in [-0.25, -0.2) is 9.29 Å². The number of morpholine rings is 1. The summed E-state index contributed by atoms with van der Waals surface area (Å²) in [6.07, 6.45) is 6.50. The number of carbonyl (C=O) groups excluding carboxylic acids is 1. The van der Waals surface area contributed by atoms with Crippen LogP contribution in [0.25, 0.3) is 0 Å². The summed E-state index contributed by atoms with van der Waals surface area (Å²) in [4.78, 5) is 24.0. The van der Waals surface area contributed by atoms with Gasteiger partial charge in [0, 0.05) is 44.2 Å². The lowest BCUT2D eigenvalue weighted by Gasteiger charge is -2.35. The second kappa shape index (κ2) is 9.40. The van der Waals surface area contributed by atoms with Crippen molar-refractivity contribution in [3.63, 3.8) is 0 Å². The normalized spacial score (nSPS) is 21.9. The van der Waals surface area contributed by atoms with Crippen molar-refractivity contribution >= 4 is 35.2 Å². The molecule has 0 radical (unpaired) electrons. The molecule has 1 amide bonds. The number of benzene rings is 1. The maximum Gasteiger partial charge on any atom is 0.258 e. The van der Waals surface area contributed by atoms with E-state index in [-0.39, 0.29) is 5.91 Å². The zero-order valence-electron chi connectivity index (χ0n) is 19.7. The summed E-state index contributed by atoms with van der Waals surface area (Å²) in [5, 5.41) is 3.08. The van der Waals surface area contributed by atoms with Crippen LogP contribution in [-0.2, 0) is 4.74 Å². The number of hydrogen-bond donors (Lipinski definition) is 1. The molecule has 2 aromatic rings. The lowest BCUT2D eigenvalue weighted by Crippen LogP contribution is -2.37. The third kappa shape index (κ3) is 4.76. The van der Waals surface area contributed by atoms with Gasteiger partial charge in [0.05, 0.1) is 24.5 Å². The number of carbonyl (C=O) groups is 1. The lowest BCUT2D eigenvalue weighted by molar-refractivity contribution is 0.102. The predicted octanol–water partition coefficient (Wildman–Crippen LogP) is 4.26. The van der Waals surface area contributed by atoms with Crippen LogP contribution >= 0.6 is 11.9 Å². The molecule has 1 aromatic carbocycles. The highest BCUT2D eigenvalue weighted by molar-refractivity contribution is 7.97. The Balaban J connectivity index is 1.22. The van der Waals surface area contributed by atoms with E-state index in [1.807, 2.05) is 36.2 Å². The van der Waals surface area contributed by atoms with Gasteiger partial charge in [0.15, 0.2) is 0 Å². The Kier molecular flexibility index (Phi) is 6.13. The van der Waals surface area contributed by atoms with Crippen LogP contribution in [0, 0.1) is 5.41 Å². The number of aromatic nitrogens is 1. The van der Waals surface area contributed by atoms with Crippen molar-refractivity contribution in [1.82, 2.24) is 9.29 Å². The molecule has 0 atom stereocenters. The van der Waals surface area contributed by atoms with Crippen LogP contribution in [0.1, 0.15) is 42.5 Å². The van der Waals surface area contributed by atoms with E-state index in [0.717, 1.165) is 56.3 Å². The number of anilines is 3. The van der Waals surface area contributed by atoms with Crippen LogP contribution in [-0.4, -0.2) is 67.7 Å². The summed E-state index contributed by atoms with van der Waals surface area (Å²) in [7, 11) is 0. The molecule has 3 saturated heterocycles. The van der Waals surface area contributed by atoms with Gasteiger partial charge in [0.2, 0.25) is 0 Å². The van der Waals surface area contributed by atoms with Gasteiger partial charge in [-0.1, -0.05) is 6.07 Å². The average molecular weight is 480 g/mol. The topological polar surface area (TPSA) is 60.9 Å². The van der Waals surface area contributed by atoms with Crippen molar-refractivity contribution in [2.24, 2.45) is 5.41 Å². The van der Waals surface area contributed by atoms with E-state index < -0.39 is 0 Å². The summed E-state index contributed by atoms with van der Waals surface area (Å²) < 4.78 is 7.84. The monoisotopic (exact) mass is 479 g/mol. The molecule has 8 heteroatoms. The van der Waals surface area contributed by atoms with Crippen LogP contribution in [0.2, 0.25) is 0 Å². The number of amides is 1. The summed E-state index contributed by atoms with van der Waals surface area (Å²) in [6.45, 7) is 7.40. The van der Waals surface area contributed by atoms with E-state index in [1.54, 1.807) is 0 Å². The Morgan fingerprint density at radius 2 is 1.74 bits per heavy atom. The molecule has 1 N–H and O–H groups in total. The molecule has 1 saturated carbocycles. The highest BCUT2D eigenvalue weighted by Crippen LogP contribution is 2.54. The fraction of sp³-hybridized carbons (Fsp3) is 0.538. The highest BCUT2D eigenvalue weighted by Gasteiger charge is 2.44. The molecular formula is C26H33N5O2S. The molecule has 180 valence electrons. The zero-order chi connectivity index (χ0) is 23.0. The number of piperidine rings is 1. The van der Waals surface area contributed by atoms with Crippen molar-refractivity contribution < 1.29 is 9.53 Å². The first-order valence-electron chi connectivity index (χ1n) is 12.6. The van der Waals surface area contributed by atoms with Crippen molar-refractivity contribution in [3.05, 3.63) is 42.0 Å². The van der Waals surface area contributed by atoms with Crippen LogP contribution in [0.5, 0.6) is 0 Å². The van der Waals surface area contributed by atoms with Gasteiger partial charge in [0.25, 0.3) is 5.91 Å². The number of nitrogens with one attached hydrogen (secondary N) is 1. The van der Waals surface area contributed by atoms with E-state index >= 15 is 0 Å². The molecule has 7 nitrogen and oxygen atoms in total. The fourth-order valence-electron chi connectivity index (χ4n) is 5.09. The minimum Gasteiger partial charge on any atom is -0.378 e. The van der Waals surface area contributed by atoms with Crippen molar-refractivity contribution in [2.45, 2.75) is 37.0 Å². The molecule has 4 fully saturated rings. The van der Waals surface area contributed by atoms with Crippen LogP contribution < -0.4 is 15.1 Å². The Morgan fingerprint density at radius 1 is 0.941 bits per heavy atom. The minimum atomic E-state index is -0.0890. The Morgan fingerprint density at radius 3 is 2.44 bits per heavy atom. The van der Waals surface area contributed by atoms with Crippen LogP contribution in [0.4, 0.5) is 17.3 Å². The van der Waals surface area contributed by atoms with E-state index in [9.17, 15) is 4.79 Å². The predicted molar refractivity (Wildman–Crippen MR) is 137 cm³/mol. The Hall–Kier alpha value is -2.29. The molecule has 3 aliphatic heterocycles. The fourth-order valence-corrected chi connectivity index (χ4v) is 6.13. The number of nitrogens with zero attached hydrogens (tertiary/aromatic N) is 4. The molecule has 34 heavy (non-hydrogen) atoms. The maximum atomic E-state index is 13.5. The molecule has 1 aliphatic carbocycles. The number of pyridine rings is 1. The van der Waals surface area contributed by atoms with E-state index in [2.05, 4.69) is 31.6 Å². The number of rotatable bonds is 6. The quantitative estimate of drug-likeness (QED) is 0.621. The Labute approximate surface area is 206 Å². The van der Waals surface area contributed by atoms with Gasteiger partial charge in [-0.15, -0.1) is 0 Å². The summed E-state index contributed by atoms with van der Waals surface area (Å²) in [5.74, 6) is 1.39. The smallest absolute Gasteiger partial charge is 0.258 e. The molecule has 6 rings (SSSR count). The molecule has 0 unspecified atom stereocenters. The van der Waals surface area contributed by atoms with E-state index in [4.69, 9.17) is 9.72 Å². The van der Waals surface area contributed by atoms with Crippen LogP contribution in [0.15, 0.2) is 41.3 Å².